The number of rotatable bonds is 4. The Hall–Kier alpha value is -2.04. The van der Waals surface area contributed by atoms with Crippen molar-refractivity contribution < 1.29 is 9.53 Å². The number of nitrogens with zero attached hydrogens (tertiary/aromatic N) is 1. The lowest BCUT2D eigenvalue weighted by molar-refractivity contribution is 0.0527. The minimum Gasteiger partial charge on any atom is -0.462 e. The molecule has 5 nitrogen and oxygen atoms in total. The fourth-order valence-electron chi connectivity index (χ4n) is 4.13. The number of pyridine rings is 1. The van der Waals surface area contributed by atoms with E-state index in [1.165, 1.54) is 25.7 Å². The van der Waals surface area contributed by atoms with Crippen molar-refractivity contribution in [2.75, 3.05) is 11.9 Å². The Morgan fingerprint density at radius 2 is 2.36 bits per heavy atom. The number of nitrogens with one attached hydrogen (secondary N) is 2. The number of hydrogen-bond donors (Lipinski definition) is 2. The fourth-order valence-corrected chi connectivity index (χ4v) is 4.13. The molecule has 2 aliphatic rings. The number of aromatic nitrogens is 2. The average molecular weight is 299 g/mol. The molecule has 0 amide bonds. The van der Waals surface area contributed by atoms with Gasteiger partial charge in [-0.25, -0.2) is 9.78 Å². The summed E-state index contributed by atoms with van der Waals surface area (Å²) in [5.41, 5.74) is 2.22. The molecule has 116 valence electrons. The van der Waals surface area contributed by atoms with Crippen LogP contribution in [0.25, 0.3) is 11.0 Å². The first-order chi connectivity index (χ1) is 10.8. The Kier molecular flexibility index (Phi) is 3.28. The van der Waals surface area contributed by atoms with Gasteiger partial charge in [0.2, 0.25) is 0 Å². The van der Waals surface area contributed by atoms with Gasteiger partial charge < -0.3 is 15.0 Å². The van der Waals surface area contributed by atoms with Gasteiger partial charge in [-0.05, 0) is 44.1 Å². The summed E-state index contributed by atoms with van der Waals surface area (Å²) in [4.78, 5) is 19.7. The molecule has 2 aliphatic carbocycles. The Balaban J connectivity index is 1.71. The summed E-state index contributed by atoms with van der Waals surface area (Å²) >= 11 is 0. The smallest absolute Gasteiger partial charge is 0.341 e. The van der Waals surface area contributed by atoms with Crippen molar-refractivity contribution in [2.45, 2.75) is 38.6 Å². The SMILES string of the molecule is CCOC(=O)c1cnc2[nH]ccc2c1N[C@H]1C[C@H]2CC[C@@H]1C2. The van der Waals surface area contributed by atoms with Crippen molar-refractivity contribution in [2.24, 2.45) is 11.8 Å². The molecule has 2 aromatic rings. The zero-order valence-electron chi connectivity index (χ0n) is 12.8. The van der Waals surface area contributed by atoms with Crippen LogP contribution in [0, 0.1) is 11.8 Å². The number of H-pyrrole nitrogens is 1. The van der Waals surface area contributed by atoms with E-state index in [9.17, 15) is 4.79 Å². The number of esters is 1. The Morgan fingerprint density at radius 3 is 3.09 bits per heavy atom. The first-order valence-electron chi connectivity index (χ1n) is 8.16. The molecule has 2 N–H and O–H groups in total. The summed E-state index contributed by atoms with van der Waals surface area (Å²) in [6.45, 7) is 2.20. The Morgan fingerprint density at radius 1 is 1.45 bits per heavy atom. The van der Waals surface area contributed by atoms with E-state index in [-0.39, 0.29) is 5.97 Å². The van der Waals surface area contributed by atoms with Crippen LogP contribution in [0.2, 0.25) is 0 Å². The predicted octanol–water partition coefficient (Wildman–Crippen LogP) is 3.34. The number of ether oxygens (including phenoxy) is 1. The molecule has 2 bridgehead atoms. The lowest BCUT2D eigenvalue weighted by Crippen LogP contribution is -2.27. The van der Waals surface area contributed by atoms with Gasteiger partial charge in [-0.2, -0.15) is 0 Å². The highest BCUT2D eigenvalue weighted by atomic mass is 16.5. The largest absolute Gasteiger partial charge is 0.462 e. The van der Waals surface area contributed by atoms with Crippen molar-refractivity contribution in [1.82, 2.24) is 9.97 Å². The molecule has 2 saturated carbocycles. The van der Waals surface area contributed by atoms with Crippen LogP contribution in [0.5, 0.6) is 0 Å². The van der Waals surface area contributed by atoms with Gasteiger partial charge >= 0.3 is 5.97 Å². The van der Waals surface area contributed by atoms with Crippen LogP contribution in [0.4, 0.5) is 5.69 Å². The maximum absolute atomic E-state index is 12.3. The highest BCUT2D eigenvalue weighted by Gasteiger charge is 2.40. The van der Waals surface area contributed by atoms with Gasteiger partial charge in [0.25, 0.3) is 0 Å². The van der Waals surface area contributed by atoms with E-state index >= 15 is 0 Å². The number of anilines is 1. The molecule has 0 saturated heterocycles. The van der Waals surface area contributed by atoms with Gasteiger partial charge in [0.15, 0.2) is 0 Å². The normalized spacial score (nSPS) is 26.5. The summed E-state index contributed by atoms with van der Waals surface area (Å²) in [6.07, 6.45) is 8.68. The molecule has 5 heteroatoms. The third-order valence-electron chi connectivity index (χ3n) is 5.15. The van der Waals surface area contributed by atoms with Gasteiger partial charge in [0.1, 0.15) is 11.2 Å². The van der Waals surface area contributed by atoms with Crippen molar-refractivity contribution in [3.63, 3.8) is 0 Å². The van der Waals surface area contributed by atoms with E-state index in [0.717, 1.165) is 28.6 Å². The number of carbonyl (C=O) groups excluding carboxylic acids is 1. The molecule has 22 heavy (non-hydrogen) atoms. The molecule has 0 spiro atoms. The van der Waals surface area contributed by atoms with E-state index in [4.69, 9.17) is 4.74 Å². The van der Waals surface area contributed by atoms with Gasteiger partial charge in [-0.1, -0.05) is 6.42 Å². The lowest BCUT2D eigenvalue weighted by atomic mass is 9.94. The van der Waals surface area contributed by atoms with Crippen LogP contribution >= 0.6 is 0 Å². The molecular weight excluding hydrogens is 278 g/mol. The standard InChI is InChI=1S/C17H21N3O2/c1-2-22-17(21)13-9-19-16-12(5-6-18-16)15(13)20-14-8-10-3-4-11(14)7-10/h5-6,9-11,14H,2-4,7-8H2,1H3,(H2,18,19,20)/t10-,11+,14-/m0/s1. The van der Waals surface area contributed by atoms with E-state index in [2.05, 4.69) is 15.3 Å². The topological polar surface area (TPSA) is 67.0 Å². The van der Waals surface area contributed by atoms with Gasteiger partial charge in [0.05, 0.1) is 12.3 Å². The quantitative estimate of drug-likeness (QED) is 0.850. The second-order valence-corrected chi connectivity index (χ2v) is 6.43. The summed E-state index contributed by atoms with van der Waals surface area (Å²) < 4.78 is 5.19. The Bertz CT molecular complexity index is 709. The number of fused-ring (bicyclic) bond motifs is 3. The first-order valence-corrected chi connectivity index (χ1v) is 8.16. The van der Waals surface area contributed by atoms with Crippen LogP contribution in [0.3, 0.4) is 0 Å². The van der Waals surface area contributed by atoms with Gasteiger partial charge in [-0.15, -0.1) is 0 Å². The Labute approximate surface area is 129 Å². The highest BCUT2D eigenvalue weighted by molar-refractivity contribution is 6.04. The van der Waals surface area contributed by atoms with Crippen LogP contribution in [0.1, 0.15) is 43.0 Å². The molecule has 4 rings (SSSR count). The monoisotopic (exact) mass is 299 g/mol. The zero-order chi connectivity index (χ0) is 15.1. The van der Waals surface area contributed by atoms with Gasteiger partial charge in [0, 0.05) is 23.8 Å². The maximum atomic E-state index is 12.3. The van der Waals surface area contributed by atoms with Crippen LogP contribution < -0.4 is 5.32 Å². The maximum Gasteiger partial charge on any atom is 0.341 e. The van der Waals surface area contributed by atoms with Crippen molar-refractivity contribution in [3.8, 4) is 0 Å². The van der Waals surface area contributed by atoms with Crippen molar-refractivity contribution in [3.05, 3.63) is 24.0 Å². The molecule has 2 aromatic heterocycles. The molecule has 0 aliphatic heterocycles. The average Bonchev–Trinajstić information content (AvgIpc) is 3.23. The summed E-state index contributed by atoms with van der Waals surface area (Å²) in [5.74, 6) is 1.29. The number of hydrogen-bond acceptors (Lipinski definition) is 4. The van der Waals surface area contributed by atoms with Crippen LogP contribution in [-0.2, 0) is 4.74 Å². The molecule has 3 atom stereocenters. The highest BCUT2D eigenvalue weighted by Crippen LogP contribution is 2.46. The third kappa shape index (κ3) is 2.16. The fraction of sp³-hybridized carbons (Fsp3) is 0.529. The number of aromatic amines is 1. The third-order valence-corrected chi connectivity index (χ3v) is 5.15. The van der Waals surface area contributed by atoms with E-state index in [1.807, 2.05) is 19.2 Å². The lowest BCUT2D eigenvalue weighted by Gasteiger charge is -2.25. The molecule has 2 fully saturated rings. The van der Waals surface area contributed by atoms with Crippen molar-refractivity contribution in [1.29, 1.82) is 0 Å². The predicted molar refractivity (Wildman–Crippen MR) is 84.9 cm³/mol. The van der Waals surface area contributed by atoms with Gasteiger partial charge in [-0.3, -0.25) is 0 Å². The second kappa shape index (κ2) is 5.30. The summed E-state index contributed by atoms with van der Waals surface area (Å²) in [5, 5.41) is 4.61. The van der Waals surface area contributed by atoms with E-state index < -0.39 is 0 Å². The van der Waals surface area contributed by atoms with E-state index in [0.29, 0.717) is 18.2 Å². The van der Waals surface area contributed by atoms with Crippen LogP contribution in [-0.4, -0.2) is 28.6 Å². The molecule has 0 unspecified atom stereocenters. The minimum atomic E-state index is -0.302. The molecule has 2 heterocycles. The molecular formula is C17H21N3O2. The van der Waals surface area contributed by atoms with E-state index in [1.54, 1.807) is 6.20 Å². The zero-order valence-corrected chi connectivity index (χ0v) is 12.8. The first kappa shape index (κ1) is 13.6. The summed E-state index contributed by atoms with van der Waals surface area (Å²) in [6, 6.07) is 2.44. The number of carbonyl (C=O) groups is 1. The minimum absolute atomic E-state index is 0.302. The summed E-state index contributed by atoms with van der Waals surface area (Å²) in [7, 11) is 0. The second-order valence-electron chi connectivity index (χ2n) is 6.43. The van der Waals surface area contributed by atoms with Crippen molar-refractivity contribution >= 4 is 22.7 Å². The molecule has 0 aromatic carbocycles. The molecule has 0 radical (unpaired) electrons. The van der Waals surface area contributed by atoms with Crippen LogP contribution in [0.15, 0.2) is 18.5 Å².